The average Bonchev–Trinajstić information content (AvgIpc) is 3.26. The van der Waals surface area contributed by atoms with E-state index in [4.69, 9.17) is 11.6 Å². The third-order valence-electron chi connectivity index (χ3n) is 3.94. The Balaban J connectivity index is 1.38. The summed E-state index contributed by atoms with van der Waals surface area (Å²) in [7, 11) is 0. The van der Waals surface area contributed by atoms with Gasteiger partial charge in [-0.1, -0.05) is 23.4 Å². The zero-order chi connectivity index (χ0) is 17.9. The number of hydrogen-bond donors (Lipinski definition) is 1. The molecule has 2 heterocycles. The van der Waals surface area contributed by atoms with Crippen LogP contribution in [0.15, 0.2) is 29.4 Å². The molecule has 7 nitrogen and oxygen atoms in total. The molecular formula is C16H15ClN6OS2. The first-order valence-corrected chi connectivity index (χ1v) is 10.3. The Kier molecular flexibility index (Phi) is 5.18. The van der Waals surface area contributed by atoms with Crippen LogP contribution >= 0.6 is 34.7 Å². The maximum Gasteiger partial charge on any atom is 0.236 e. The number of nitrogens with zero attached hydrogens (tertiary/aromatic N) is 5. The van der Waals surface area contributed by atoms with Crippen LogP contribution in [-0.2, 0) is 17.6 Å². The number of thioether (sulfide) groups is 1. The maximum absolute atomic E-state index is 12.3. The quantitative estimate of drug-likeness (QED) is 0.653. The van der Waals surface area contributed by atoms with E-state index in [-0.39, 0.29) is 11.7 Å². The SMILES string of the molecule is O=C(CSc1nnnn1-c1ccc(Cl)cc1)Nc1nc2c(s1)CCCC2. The summed E-state index contributed by atoms with van der Waals surface area (Å²) in [6, 6.07) is 7.18. The van der Waals surface area contributed by atoms with Crippen molar-refractivity contribution in [3.8, 4) is 5.69 Å². The monoisotopic (exact) mass is 406 g/mol. The first-order valence-electron chi connectivity index (χ1n) is 8.14. The second-order valence-electron chi connectivity index (χ2n) is 5.78. The third kappa shape index (κ3) is 3.89. The van der Waals surface area contributed by atoms with Crippen LogP contribution < -0.4 is 5.32 Å². The lowest BCUT2D eigenvalue weighted by Gasteiger charge is -2.06. The summed E-state index contributed by atoms with van der Waals surface area (Å²) in [4.78, 5) is 18.1. The second kappa shape index (κ2) is 7.73. The van der Waals surface area contributed by atoms with Gasteiger partial charge >= 0.3 is 0 Å². The number of carbonyl (C=O) groups is 1. The number of hydrogen-bond acceptors (Lipinski definition) is 7. The molecule has 1 amide bonds. The van der Waals surface area contributed by atoms with Gasteiger partial charge in [0.05, 0.1) is 17.1 Å². The lowest BCUT2D eigenvalue weighted by atomic mass is 10.0. The number of carbonyl (C=O) groups excluding carboxylic acids is 1. The normalized spacial score (nSPS) is 13.4. The zero-order valence-electron chi connectivity index (χ0n) is 13.7. The van der Waals surface area contributed by atoms with Crippen LogP contribution in [0, 0.1) is 0 Å². The highest BCUT2D eigenvalue weighted by atomic mass is 35.5. The maximum atomic E-state index is 12.3. The number of aryl methyl sites for hydroxylation is 2. The lowest BCUT2D eigenvalue weighted by Crippen LogP contribution is -2.14. The number of halogens is 1. The van der Waals surface area contributed by atoms with E-state index in [2.05, 4.69) is 25.8 Å². The van der Waals surface area contributed by atoms with Crippen molar-refractivity contribution in [1.29, 1.82) is 0 Å². The molecule has 3 aromatic rings. The molecule has 1 aromatic carbocycles. The van der Waals surface area contributed by atoms with Crippen LogP contribution in [0.25, 0.3) is 5.69 Å². The fraction of sp³-hybridized carbons (Fsp3) is 0.312. The Morgan fingerprint density at radius 1 is 1.27 bits per heavy atom. The van der Waals surface area contributed by atoms with E-state index in [9.17, 15) is 4.79 Å². The van der Waals surface area contributed by atoms with Gasteiger partial charge in [-0.05, 0) is 60.4 Å². The Morgan fingerprint density at radius 3 is 2.88 bits per heavy atom. The minimum absolute atomic E-state index is 0.119. The molecule has 2 aromatic heterocycles. The van der Waals surface area contributed by atoms with E-state index in [1.807, 2.05) is 12.1 Å². The number of anilines is 1. The highest BCUT2D eigenvalue weighted by Crippen LogP contribution is 2.29. The molecule has 0 aliphatic heterocycles. The highest BCUT2D eigenvalue weighted by molar-refractivity contribution is 7.99. The predicted molar refractivity (Wildman–Crippen MR) is 102 cm³/mol. The molecule has 0 radical (unpaired) electrons. The summed E-state index contributed by atoms with van der Waals surface area (Å²) in [5.74, 6) is 0.0878. The summed E-state index contributed by atoms with van der Waals surface area (Å²) < 4.78 is 1.58. The van der Waals surface area contributed by atoms with Gasteiger partial charge in [-0.2, -0.15) is 4.68 Å². The fourth-order valence-corrected chi connectivity index (χ4v) is 4.59. The van der Waals surface area contributed by atoms with Crippen LogP contribution in [0.1, 0.15) is 23.4 Å². The van der Waals surface area contributed by atoms with E-state index in [0.29, 0.717) is 15.3 Å². The van der Waals surface area contributed by atoms with Crippen LogP contribution in [0.4, 0.5) is 5.13 Å². The van der Waals surface area contributed by atoms with Gasteiger partial charge in [0.25, 0.3) is 0 Å². The first kappa shape index (κ1) is 17.4. The largest absolute Gasteiger partial charge is 0.301 e. The van der Waals surface area contributed by atoms with Crippen molar-refractivity contribution in [1.82, 2.24) is 25.2 Å². The molecule has 4 rings (SSSR count). The number of nitrogens with one attached hydrogen (secondary N) is 1. The molecule has 1 aliphatic carbocycles. The van der Waals surface area contributed by atoms with Crippen LogP contribution in [-0.4, -0.2) is 36.9 Å². The Morgan fingerprint density at radius 2 is 2.08 bits per heavy atom. The van der Waals surface area contributed by atoms with Crippen LogP contribution in [0.3, 0.4) is 0 Å². The fourth-order valence-electron chi connectivity index (χ4n) is 2.70. The van der Waals surface area contributed by atoms with E-state index in [0.717, 1.165) is 24.2 Å². The van der Waals surface area contributed by atoms with Crippen molar-refractivity contribution in [2.75, 3.05) is 11.1 Å². The molecule has 134 valence electrons. The standard InChI is InChI=1S/C16H15ClN6OS2/c17-10-5-7-11(8-6-10)23-16(20-21-22-23)25-9-14(24)19-15-18-12-3-1-2-4-13(12)26-15/h5-8H,1-4,9H2,(H,18,19,24). The molecule has 0 fully saturated rings. The summed E-state index contributed by atoms with van der Waals surface area (Å²) in [5, 5.41) is 16.4. The van der Waals surface area contributed by atoms with Crippen molar-refractivity contribution in [2.24, 2.45) is 0 Å². The van der Waals surface area contributed by atoms with Crippen molar-refractivity contribution in [3.63, 3.8) is 0 Å². The summed E-state index contributed by atoms with van der Waals surface area (Å²) >= 11 is 8.76. The molecule has 26 heavy (non-hydrogen) atoms. The van der Waals surface area contributed by atoms with E-state index in [1.54, 1.807) is 28.2 Å². The molecule has 0 unspecified atom stereocenters. The third-order valence-corrected chi connectivity index (χ3v) is 6.18. The van der Waals surface area contributed by atoms with Gasteiger partial charge in [-0.3, -0.25) is 4.79 Å². The predicted octanol–water partition coefficient (Wildman–Crippen LogP) is 3.38. The first-order chi connectivity index (χ1) is 12.7. The zero-order valence-corrected chi connectivity index (χ0v) is 16.1. The number of fused-ring (bicyclic) bond motifs is 1. The van der Waals surface area contributed by atoms with Gasteiger partial charge < -0.3 is 5.32 Å². The van der Waals surface area contributed by atoms with Gasteiger partial charge in [-0.25, -0.2) is 4.98 Å². The number of amides is 1. The van der Waals surface area contributed by atoms with Gasteiger partial charge in [0.15, 0.2) is 5.13 Å². The van der Waals surface area contributed by atoms with Gasteiger partial charge in [0.2, 0.25) is 11.1 Å². The number of rotatable bonds is 5. The molecular weight excluding hydrogens is 392 g/mol. The molecule has 0 atom stereocenters. The Labute approximate surface area is 163 Å². The summed E-state index contributed by atoms with van der Waals surface area (Å²) in [6.45, 7) is 0. The topological polar surface area (TPSA) is 85.6 Å². The molecule has 10 heteroatoms. The highest BCUT2D eigenvalue weighted by Gasteiger charge is 2.17. The smallest absolute Gasteiger partial charge is 0.236 e. The van der Waals surface area contributed by atoms with Gasteiger partial charge in [-0.15, -0.1) is 16.4 Å². The van der Waals surface area contributed by atoms with E-state index in [1.165, 1.54) is 29.5 Å². The number of benzene rings is 1. The molecule has 0 saturated heterocycles. The van der Waals surface area contributed by atoms with Crippen molar-refractivity contribution in [3.05, 3.63) is 39.9 Å². The van der Waals surface area contributed by atoms with Gasteiger partial charge in [0.1, 0.15) is 0 Å². The molecule has 1 N–H and O–H groups in total. The minimum atomic E-state index is -0.119. The minimum Gasteiger partial charge on any atom is -0.301 e. The van der Waals surface area contributed by atoms with Crippen molar-refractivity contribution < 1.29 is 4.79 Å². The van der Waals surface area contributed by atoms with Crippen LogP contribution in [0.5, 0.6) is 0 Å². The number of aromatic nitrogens is 5. The molecule has 1 aliphatic rings. The average molecular weight is 407 g/mol. The molecule has 0 spiro atoms. The summed E-state index contributed by atoms with van der Waals surface area (Å²) in [6.07, 6.45) is 4.44. The van der Waals surface area contributed by atoms with Crippen molar-refractivity contribution in [2.45, 2.75) is 30.8 Å². The van der Waals surface area contributed by atoms with E-state index < -0.39 is 0 Å². The van der Waals surface area contributed by atoms with Crippen molar-refractivity contribution >= 4 is 45.7 Å². The second-order valence-corrected chi connectivity index (χ2v) is 8.25. The number of tetrazole rings is 1. The Bertz CT molecular complexity index is 900. The molecule has 0 bridgehead atoms. The van der Waals surface area contributed by atoms with E-state index >= 15 is 0 Å². The van der Waals surface area contributed by atoms with Gasteiger partial charge in [0, 0.05) is 9.90 Å². The number of thiazole rings is 1. The molecule has 0 saturated carbocycles. The lowest BCUT2D eigenvalue weighted by molar-refractivity contribution is -0.113. The Hall–Kier alpha value is -1.97. The van der Waals surface area contributed by atoms with Crippen LogP contribution in [0.2, 0.25) is 5.02 Å². The summed E-state index contributed by atoms with van der Waals surface area (Å²) in [5.41, 5.74) is 1.92.